The molecule has 1 aliphatic rings. The van der Waals surface area contributed by atoms with Crippen LogP contribution in [-0.2, 0) is 0 Å². The molecule has 0 saturated carbocycles. The molecule has 0 amide bonds. The molecule has 2 aromatic rings. The van der Waals surface area contributed by atoms with Gasteiger partial charge in [0.15, 0.2) is 5.65 Å². The summed E-state index contributed by atoms with van der Waals surface area (Å²) in [7, 11) is 0. The molecule has 5 nitrogen and oxygen atoms in total. The van der Waals surface area contributed by atoms with Gasteiger partial charge in [0, 0.05) is 18.8 Å². The summed E-state index contributed by atoms with van der Waals surface area (Å²) in [5.41, 5.74) is 0.798. The Bertz CT molecular complexity index is 521. The third kappa shape index (κ3) is 2.28. The normalized spacial score (nSPS) is 20.6. The molecule has 3 rings (SSSR count). The Kier molecular flexibility index (Phi) is 2.98. The number of halogens is 1. The third-order valence-corrected chi connectivity index (χ3v) is 3.49. The highest BCUT2D eigenvalue weighted by atomic mass is 79.9. The lowest BCUT2D eigenvalue weighted by Crippen LogP contribution is -2.37. The fraction of sp³-hybridized carbons (Fsp3) is 0.455. The molecule has 0 aliphatic carbocycles. The summed E-state index contributed by atoms with van der Waals surface area (Å²) in [5, 5.41) is 11.2. The van der Waals surface area contributed by atoms with Gasteiger partial charge in [0.1, 0.15) is 18.2 Å². The van der Waals surface area contributed by atoms with Gasteiger partial charge in [-0.05, 0) is 35.3 Å². The maximum atomic E-state index is 5.97. The predicted molar refractivity (Wildman–Crippen MR) is 67.2 cm³/mol. The van der Waals surface area contributed by atoms with E-state index in [0.717, 1.165) is 41.8 Å². The molecule has 90 valence electrons. The lowest BCUT2D eigenvalue weighted by molar-refractivity contribution is 0.166. The Morgan fingerprint density at radius 3 is 3.29 bits per heavy atom. The van der Waals surface area contributed by atoms with Crippen molar-refractivity contribution in [2.45, 2.75) is 18.9 Å². The second-order valence-corrected chi connectivity index (χ2v) is 5.02. The highest BCUT2D eigenvalue weighted by Crippen LogP contribution is 2.27. The first kappa shape index (κ1) is 11.0. The van der Waals surface area contributed by atoms with Crippen LogP contribution in [0.4, 0.5) is 0 Å². The molecule has 1 N–H and O–H groups in total. The molecule has 0 bridgehead atoms. The van der Waals surface area contributed by atoms with Crippen LogP contribution < -0.4 is 10.1 Å². The van der Waals surface area contributed by atoms with E-state index in [0.29, 0.717) is 0 Å². The smallest absolute Gasteiger partial charge is 0.164 e. The topological polar surface area (TPSA) is 51.5 Å². The number of piperidine rings is 1. The van der Waals surface area contributed by atoms with Crippen LogP contribution >= 0.6 is 15.9 Å². The first-order valence-corrected chi connectivity index (χ1v) is 6.48. The molecule has 0 radical (unpaired) electrons. The van der Waals surface area contributed by atoms with Gasteiger partial charge in [-0.15, -0.1) is 10.2 Å². The summed E-state index contributed by atoms with van der Waals surface area (Å²) in [4.78, 5) is 0. The monoisotopic (exact) mass is 296 g/mol. The van der Waals surface area contributed by atoms with Gasteiger partial charge < -0.3 is 10.1 Å². The molecule has 3 heterocycles. The SMILES string of the molecule is Brc1cn2cnnc2cc1O[C@@H]1CCCNC1. The van der Waals surface area contributed by atoms with Crippen LogP contribution in [0.1, 0.15) is 12.8 Å². The van der Waals surface area contributed by atoms with Crippen molar-refractivity contribution < 1.29 is 4.74 Å². The maximum Gasteiger partial charge on any atom is 0.164 e. The van der Waals surface area contributed by atoms with E-state index in [1.165, 1.54) is 0 Å². The fourth-order valence-electron chi connectivity index (χ4n) is 2.02. The summed E-state index contributed by atoms with van der Waals surface area (Å²) in [6.07, 6.45) is 6.09. The predicted octanol–water partition coefficient (Wildman–Crippen LogP) is 1.62. The van der Waals surface area contributed by atoms with Crippen molar-refractivity contribution in [3.63, 3.8) is 0 Å². The van der Waals surface area contributed by atoms with E-state index in [1.807, 2.05) is 16.7 Å². The van der Waals surface area contributed by atoms with E-state index in [-0.39, 0.29) is 6.10 Å². The second kappa shape index (κ2) is 4.62. The number of ether oxygens (including phenoxy) is 1. The Balaban J connectivity index is 1.85. The number of hydrogen-bond acceptors (Lipinski definition) is 4. The maximum absolute atomic E-state index is 5.97. The van der Waals surface area contributed by atoms with Crippen molar-refractivity contribution in [2.24, 2.45) is 0 Å². The molecular weight excluding hydrogens is 284 g/mol. The minimum Gasteiger partial charge on any atom is -0.488 e. The molecule has 1 saturated heterocycles. The molecule has 0 spiro atoms. The number of nitrogens with zero attached hydrogens (tertiary/aromatic N) is 3. The van der Waals surface area contributed by atoms with Crippen LogP contribution in [0.2, 0.25) is 0 Å². The van der Waals surface area contributed by atoms with Crippen molar-refractivity contribution in [1.29, 1.82) is 0 Å². The summed E-state index contributed by atoms with van der Waals surface area (Å²) in [5.74, 6) is 0.833. The molecule has 6 heteroatoms. The average Bonchev–Trinajstić information content (AvgIpc) is 2.78. The van der Waals surface area contributed by atoms with Crippen molar-refractivity contribution in [3.8, 4) is 5.75 Å². The average molecular weight is 297 g/mol. The minimum atomic E-state index is 0.241. The highest BCUT2D eigenvalue weighted by Gasteiger charge is 2.16. The second-order valence-electron chi connectivity index (χ2n) is 4.17. The van der Waals surface area contributed by atoms with E-state index in [4.69, 9.17) is 4.74 Å². The van der Waals surface area contributed by atoms with Gasteiger partial charge in [-0.3, -0.25) is 4.40 Å². The summed E-state index contributed by atoms with van der Waals surface area (Å²) < 4.78 is 8.76. The van der Waals surface area contributed by atoms with Gasteiger partial charge in [0.05, 0.1) is 4.47 Å². The summed E-state index contributed by atoms with van der Waals surface area (Å²) in [6, 6.07) is 1.91. The number of hydrogen-bond donors (Lipinski definition) is 1. The number of fused-ring (bicyclic) bond motifs is 1. The van der Waals surface area contributed by atoms with Crippen molar-refractivity contribution in [1.82, 2.24) is 19.9 Å². The van der Waals surface area contributed by atoms with Crippen LogP contribution in [0.15, 0.2) is 23.1 Å². The zero-order valence-electron chi connectivity index (χ0n) is 9.27. The van der Waals surface area contributed by atoms with Gasteiger partial charge >= 0.3 is 0 Å². The molecule has 0 aromatic carbocycles. The highest BCUT2D eigenvalue weighted by molar-refractivity contribution is 9.10. The Morgan fingerprint density at radius 2 is 2.47 bits per heavy atom. The zero-order valence-corrected chi connectivity index (χ0v) is 10.9. The quantitative estimate of drug-likeness (QED) is 0.915. The van der Waals surface area contributed by atoms with Crippen LogP contribution in [0.3, 0.4) is 0 Å². The molecular formula is C11H13BrN4O. The van der Waals surface area contributed by atoms with E-state index in [2.05, 4.69) is 31.4 Å². The Hall–Kier alpha value is -1.14. The van der Waals surface area contributed by atoms with Gasteiger partial charge in [0.25, 0.3) is 0 Å². The van der Waals surface area contributed by atoms with Crippen molar-refractivity contribution in [2.75, 3.05) is 13.1 Å². The van der Waals surface area contributed by atoms with E-state index in [9.17, 15) is 0 Å². The standard InChI is InChI=1S/C11H13BrN4O/c12-9-6-16-7-14-15-11(16)4-10(9)17-8-2-1-3-13-5-8/h4,6-8,13H,1-3,5H2/t8-/m1/s1. The van der Waals surface area contributed by atoms with Gasteiger partial charge in [-0.2, -0.15) is 0 Å². The molecule has 2 aromatic heterocycles. The van der Waals surface area contributed by atoms with E-state index < -0.39 is 0 Å². The first-order valence-electron chi connectivity index (χ1n) is 5.69. The Labute approximate surface area is 107 Å². The van der Waals surface area contributed by atoms with Gasteiger partial charge in [0.2, 0.25) is 0 Å². The first-order chi connectivity index (χ1) is 8.33. The minimum absolute atomic E-state index is 0.241. The zero-order chi connectivity index (χ0) is 11.7. The molecule has 1 atom stereocenters. The van der Waals surface area contributed by atoms with Crippen LogP contribution in [0, 0.1) is 0 Å². The summed E-state index contributed by atoms with van der Waals surface area (Å²) >= 11 is 3.51. The number of nitrogens with one attached hydrogen (secondary N) is 1. The summed E-state index contributed by atoms with van der Waals surface area (Å²) in [6.45, 7) is 1.99. The van der Waals surface area contributed by atoms with E-state index >= 15 is 0 Å². The lowest BCUT2D eigenvalue weighted by atomic mass is 10.1. The fourth-order valence-corrected chi connectivity index (χ4v) is 2.45. The Morgan fingerprint density at radius 1 is 1.53 bits per heavy atom. The van der Waals surface area contributed by atoms with Gasteiger partial charge in [-0.1, -0.05) is 0 Å². The molecule has 1 aliphatic heterocycles. The van der Waals surface area contributed by atoms with Crippen molar-refractivity contribution in [3.05, 3.63) is 23.1 Å². The van der Waals surface area contributed by atoms with E-state index in [1.54, 1.807) is 6.33 Å². The molecule has 0 unspecified atom stereocenters. The molecule has 17 heavy (non-hydrogen) atoms. The van der Waals surface area contributed by atoms with Crippen LogP contribution in [0.5, 0.6) is 5.75 Å². The third-order valence-electron chi connectivity index (χ3n) is 2.89. The number of aromatic nitrogens is 3. The van der Waals surface area contributed by atoms with Gasteiger partial charge in [-0.25, -0.2) is 0 Å². The number of pyridine rings is 1. The largest absolute Gasteiger partial charge is 0.488 e. The lowest BCUT2D eigenvalue weighted by Gasteiger charge is -2.24. The van der Waals surface area contributed by atoms with Crippen molar-refractivity contribution >= 4 is 21.6 Å². The number of rotatable bonds is 2. The molecule has 1 fully saturated rings. The van der Waals surface area contributed by atoms with Crippen LogP contribution in [-0.4, -0.2) is 33.8 Å². The van der Waals surface area contributed by atoms with Crippen LogP contribution in [0.25, 0.3) is 5.65 Å².